The molecule has 0 bridgehead atoms. The van der Waals surface area contributed by atoms with E-state index >= 15 is 0 Å². The zero-order valence-corrected chi connectivity index (χ0v) is 20.6. The van der Waals surface area contributed by atoms with Crippen LogP contribution < -0.4 is 10.6 Å². The molecule has 1 aromatic rings. The Balaban J connectivity index is 0.00000392. The van der Waals surface area contributed by atoms with Crippen LogP contribution in [-0.2, 0) is 19.4 Å². The highest BCUT2D eigenvalue weighted by Gasteiger charge is 2.20. The second-order valence-corrected chi connectivity index (χ2v) is 7.13. The van der Waals surface area contributed by atoms with Crippen molar-refractivity contribution in [3.63, 3.8) is 0 Å². The molecule has 1 aliphatic heterocycles. The van der Waals surface area contributed by atoms with Crippen LogP contribution >= 0.6 is 24.0 Å². The van der Waals surface area contributed by atoms with E-state index in [1.54, 1.807) is 0 Å². The van der Waals surface area contributed by atoms with Crippen molar-refractivity contribution in [1.29, 1.82) is 0 Å². The van der Waals surface area contributed by atoms with Crippen LogP contribution in [0.3, 0.4) is 0 Å². The quantitative estimate of drug-likeness (QED) is 0.305. The van der Waals surface area contributed by atoms with Gasteiger partial charge >= 0.3 is 0 Å². The summed E-state index contributed by atoms with van der Waals surface area (Å²) in [7, 11) is 0. The van der Waals surface area contributed by atoms with Crippen LogP contribution in [0.5, 0.6) is 0 Å². The van der Waals surface area contributed by atoms with Crippen molar-refractivity contribution in [2.24, 2.45) is 4.99 Å². The van der Waals surface area contributed by atoms with Crippen molar-refractivity contribution in [3.05, 3.63) is 17.0 Å². The lowest BCUT2D eigenvalue weighted by atomic mass is 10.1. The monoisotopic (exact) mass is 506 g/mol. The molecule has 2 rings (SSSR count). The number of hydrogen-bond acceptors (Lipinski definition) is 5. The number of rotatable bonds is 9. The van der Waals surface area contributed by atoms with Crippen LogP contribution in [-0.4, -0.2) is 72.8 Å². The fraction of sp³-hybridized carbons (Fsp3) is 0.800. The molecule has 2 heterocycles. The molecule has 1 unspecified atom stereocenters. The molecule has 28 heavy (non-hydrogen) atoms. The van der Waals surface area contributed by atoms with Gasteiger partial charge in [-0.3, -0.25) is 4.90 Å². The van der Waals surface area contributed by atoms with Crippen LogP contribution in [0.4, 0.5) is 0 Å². The predicted molar refractivity (Wildman–Crippen MR) is 127 cm³/mol. The second kappa shape index (κ2) is 13.4. The predicted octanol–water partition coefficient (Wildman–Crippen LogP) is 2.50. The van der Waals surface area contributed by atoms with Gasteiger partial charge in [-0.1, -0.05) is 25.9 Å². The lowest BCUT2D eigenvalue weighted by Crippen LogP contribution is -2.53. The van der Waals surface area contributed by atoms with Gasteiger partial charge in [0, 0.05) is 57.3 Å². The number of aryl methyl sites for hydroxylation is 2. The molecule has 8 heteroatoms. The van der Waals surface area contributed by atoms with Crippen LogP contribution in [0.25, 0.3) is 0 Å². The number of guanidine groups is 1. The Morgan fingerprint density at radius 2 is 1.82 bits per heavy atom. The molecule has 0 aromatic carbocycles. The maximum Gasteiger partial charge on any atom is 0.191 e. The Labute approximate surface area is 187 Å². The molecule has 1 fully saturated rings. The molecule has 162 valence electrons. The number of nitrogens with one attached hydrogen (secondary N) is 2. The maximum atomic E-state index is 5.45. The van der Waals surface area contributed by atoms with Gasteiger partial charge < -0.3 is 20.1 Å². The van der Waals surface area contributed by atoms with Gasteiger partial charge in [0.1, 0.15) is 5.76 Å². The standard InChI is InChI=1S/C20H38N6O.HI/c1-6-18-17(19(7-2)27-24-18)15-23-20(21-8-3)22-14-16(5)26-12-10-25(9-4)11-13-26;/h16H,6-15H2,1-5H3,(H2,21,22,23);1H. The van der Waals surface area contributed by atoms with E-state index in [9.17, 15) is 0 Å². The lowest BCUT2D eigenvalue weighted by molar-refractivity contribution is 0.107. The lowest BCUT2D eigenvalue weighted by Gasteiger charge is -2.37. The van der Waals surface area contributed by atoms with Gasteiger partial charge in [-0.05, 0) is 26.8 Å². The first kappa shape index (κ1) is 25.2. The minimum absolute atomic E-state index is 0. The molecular weight excluding hydrogens is 467 g/mol. The summed E-state index contributed by atoms with van der Waals surface area (Å²) in [5.74, 6) is 1.82. The highest BCUT2D eigenvalue weighted by atomic mass is 127. The first-order valence-electron chi connectivity index (χ1n) is 10.6. The molecule has 0 aliphatic carbocycles. The maximum absolute atomic E-state index is 5.45. The van der Waals surface area contributed by atoms with Gasteiger partial charge in [-0.25, -0.2) is 4.99 Å². The van der Waals surface area contributed by atoms with Crippen LogP contribution in [0.15, 0.2) is 9.52 Å². The number of nitrogens with zero attached hydrogens (tertiary/aromatic N) is 4. The average molecular weight is 506 g/mol. The SMILES string of the molecule is CCNC(=NCc1c(CC)noc1CC)NCC(C)N1CCN(CC)CC1.I. The van der Waals surface area contributed by atoms with Crippen molar-refractivity contribution >= 4 is 29.9 Å². The van der Waals surface area contributed by atoms with E-state index < -0.39 is 0 Å². The normalized spacial score (nSPS) is 17.2. The van der Waals surface area contributed by atoms with Crippen molar-refractivity contribution in [2.75, 3.05) is 45.8 Å². The average Bonchev–Trinajstić information content (AvgIpc) is 3.11. The number of piperazine rings is 1. The van der Waals surface area contributed by atoms with Gasteiger partial charge in [0.05, 0.1) is 12.2 Å². The van der Waals surface area contributed by atoms with E-state index in [0.29, 0.717) is 12.6 Å². The summed E-state index contributed by atoms with van der Waals surface area (Å²) in [6, 6.07) is 0.487. The molecule has 0 radical (unpaired) electrons. The summed E-state index contributed by atoms with van der Waals surface area (Å²) >= 11 is 0. The van der Waals surface area contributed by atoms with E-state index in [-0.39, 0.29) is 24.0 Å². The summed E-state index contributed by atoms with van der Waals surface area (Å²) in [6.45, 7) is 19.0. The molecule has 0 amide bonds. The van der Waals surface area contributed by atoms with E-state index in [4.69, 9.17) is 9.52 Å². The minimum atomic E-state index is 0. The summed E-state index contributed by atoms with van der Waals surface area (Å²) in [5.41, 5.74) is 2.16. The summed E-state index contributed by atoms with van der Waals surface area (Å²) in [5, 5.41) is 11.1. The number of hydrogen-bond donors (Lipinski definition) is 2. The van der Waals surface area contributed by atoms with Crippen molar-refractivity contribution in [3.8, 4) is 0 Å². The van der Waals surface area contributed by atoms with Crippen molar-refractivity contribution < 1.29 is 4.52 Å². The fourth-order valence-electron chi connectivity index (χ4n) is 3.51. The van der Waals surface area contributed by atoms with Gasteiger partial charge in [-0.2, -0.15) is 0 Å². The Hall–Kier alpha value is -0.870. The molecule has 1 atom stereocenters. The third-order valence-electron chi connectivity index (χ3n) is 5.39. The molecule has 0 spiro atoms. The van der Waals surface area contributed by atoms with Gasteiger partial charge in [0.25, 0.3) is 0 Å². The Kier molecular flexibility index (Phi) is 12.0. The van der Waals surface area contributed by atoms with E-state index in [2.05, 4.69) is 60.2 Å². The summed E-state index contributed by atoms with van der Waals surface area (Å²) in [4.78, 5) is 9.86. The summed E-state index contributed by atoms with van der Waals surface area (Å²) < 4.78 is 5.45. The molecule has 1 aliphatic rings. The van der Waals surface area contributed by atoms with Crippen LogP contribution in [0.2, 0.25) is 0 Å². The van der Waals surface area contributed by atoms with Crippen molar-refractivity contribution in [2.45, 2.75) is 60.0 Å². The molecule has 2 N–H and O–H groups in total. The second-order valence-electron chi connectivity index (χ2n) is 7.13. The molecular formula is C20H39IN6O. The number of aliphatic imine (C=N–C) groups is 1. The largest absolute Gasteiger partial charge is 0.361 e. The smallest absolute Gasteiger partial charge is 0.191 e. The first-order valence-corrected chi connectivity index (χ1v) is 10.6. The summed E-state index contributed by atoms with van der Waals surface area (Å²) in [6.07, 6.45) is 1.72. The molecule has 1 saturated heterocycles. The molecule has 7 nitrogen and oxygen atoms in total. The van der Waals surface area contributed by atoms with E-state index in [1.165, 1.54) is 13.1 Å². The third kappa shape index (κ3) is 7.18. The number of aromatic nitrogens is 1. The van der Waals surface area contributed by atoms with Crippen LogP contribution in [0.1, 0.15) is 51.6 Å². The zero-order valence-electron chi connectivity index (χ0n) is 18.3. The highest BCUT2D eigenvalue weighted by Crippen LogP contribution is 2.16. The topological polar surface area (TPSA) is 68.9 Å². The van der Waals surface area contributed by atoms with Gasteiger partial charge in [0.15, 0.2) is 5.96 Å². The molecule has 0 saturated carbocycles. The van der Waals surface area contributed by atoms with Crippen molar-refractivity contribution in [1.82, 2.24) is 25.6 Å². The number of halogens is 1. The Bertz CT molecular complexity index is 562. The third-order valence-corrected chi connectivity index (χ3v) is 5.39. The minimum Gasteiger partial charge on any atom is -0.361 e. The molecule has 1 aromatic heterocycles. The Morgan fingerprint density at radius 3 is 2.39 bits per heavy atom. The van der Waals surface area contributed by atoms with E-state index in [1.807, 2.05) is 0 Å². The highest BCUT2D eigenvalue weighted by molar-refractivity contribution is 14.0. The van der Waals surface area contributed by atoms with E-state index in [0.717, 1.165) is 68.5 Å². The van der Waals surface area contributed by atoms with Crippen LogP contribution in [0, 0.1) is 0 Å². The van der Waals surface area contributed by atoms with Gasteiger partial charge in [-0.15, -0.1) is 24.0 Å². The number of likely N-dealkylation sites (N-methyl/N-ethyl adjacent to an activating group) is 1. The van der Waals surface area contributed by atoms with Gasteiger partial charge in [0.2, 0.25) is 0 Å². The first-order chi connectivity index (χ1) is 13.1. The Morgan fingerprint density at radius 1 is 1.11 bits per heavy atom. The fourth-order valence-corrected chi connectivity index (χ4v) is 3.51. The zero-order chi connectivity index (χ0) is 19.6.